The fourth-order valence-corrected chi connectivity index (χ4v) is 8.68. The number of likely N-dealkylation sites (tertiary alicyclic amines) is 1. The number of amides is 1. The predicted molar refractivity (Wildman–Crippen MR) is 116 cm³/mol. The average Bonchev–Trinajstić information content (AvgIpc) is 3.03. The van der Waals surface area contributed by atoms with E-state index in [-0.39, 0.29) is 0 Å². The third-order valence-electron chi connectivity index (χ3n) is 10.0. The van der Waals surface area contributed by atoms with Crippen molar-refractivity contribution in [2.24, 2.45) is 40.4 Å². The van der Waals surface area contributed by atoms with Crippen LogP contribution in [-0.2, 0) is 11.2 Å². The molecular weight excluding hydrogens is 356 g/mol. The fraction of sp³-hybridized carbons (Fsp3) is 0.769. The van der Waals surface area contributed by atoms with E-state index in [9.17, 15) is 4.79 Å². The summed E-state index contributed by atoms with van der Waals surface area (Å²) >= 11 is 0. The first-order valence-corrected chi connectivity index (χ1v) is 12.0. The van der Waals surface area contributed by atoms with Gasteiger partial charge in [-0.25, -0.2) is 0 Å². The number of fused-ring (bicyclic) bond motifs is 5. The minimum absolute atomic E-state index is 0.322. The van der Waals surface area contributed by atoms with E-state index in [4.69, 9.17) is 0 Å². The Morgan fingerprint density at radius 3 is 2.79 bits per heavy atom. The van der Waals surface area contributed by atoms with E-state index in [0.717, 1.165) is 42.4 Å². The molecule has 0 N–H and O–H groups in total. The van der Waals surface area contributed by atoms with Crippen molar-refractivity contribution >= 4 is 5.91 Å². The standard InChI is InChI=1S/C26H38N2O/c1-17-12-22-26(3,10-8-23(29)28(22)4)20-7-9-25(2)15-19(14-21(25)24(17)20)13-18-6-5-11-27-16-18/h5-6,11,16-17,19-22,24H,7-10,12-15H2,1-4H3/t17-,19?,20-,21-,22+,24?,25+,26+/m0/s1. The SMILES string of the molecule is C[C@H]1C[C@H]2N(C)C(=O)CC[C@]2(C)[C@H]2CC[C@]3(C)CC(Cc4cccnc4)C[C@H]3C12. The van der Waals surface area contributed by atoms with E-state index < -0.39 is 0 Å². The van der Waals surface area contributed by atoms with Crippen LogP contribution in [0.2, 0.25) is 0 Å². The van der Waals surface area contributed by atoms with Crippen LogP contribution in [0.1, 0.15) is 71.3 Å². The lowest BCUT2D eigenvalue weighted by atomic mass is 9.45. The lowest BCUT2D eigenvalue weighted by Gasteiger charge is -2.63. The van der Waals surface area contributed by atoms with Crippen molar-refractivity contribution in [3.05, 3.63) is 30.1 Å². The summed E-state index contributed by atoms with van der Waals surface area (Å²) in [5.41, 5.74) is 2.25. The van der Waals surface area contributed by atoms with Crippen LogP contribution >= 0.6 is 0 Å². The zero-order valence-electron chi connectivity index (χ0n) is 18.7. The molecule has 1 aromatic rings. The summed E-state index contributed by atoms with van der Waals surface area (Å²) < 4.78 is 0. The van der Waals surface area contributed by atoms with E-state index in [0.29, 0.717) is 22.8 Å². The molecule has 0 spiro atoms. The molecule has 3 saturated carbocycles. The first kappa shape index (κ1) is 19.6. The van der Waals surface area contributed by atoms with Crippen LogP contribution in [0.3, 0.4) is 0 Å². The molecule has 2 unspecified atom stereocenters. The molecule has 29 heavy (non-hydrogen) atoms. The molecule has 0 aromatic carbocycles. The fourth-order valence-electron chi connectivity index (χ4n) is 8.68. The minimum atomic E-state index is 0.322. The van der Waals surface area contributed by atoms with E-state index in [1.165, 1.54) is 44.1 Å². The maximum absolute atomic E-state index is 12.4. The van der Waals surface area contributed by atoms with Gasteiger partial charge in [-0.2, -0.15) is 0 Å². The zero-order valence-corrected chi connectivity index (χ0v) is 18.7. The summed E-state index contributed by atoms with van der Waals surface area (Å²) in [4.78, 5) is 18.9. The summed E-state index contributed by atoms with van der Waals surface area (Å²) in [6.07, 6.45) is 13.8. The van der Waals surface area contributed by atoms with Gasteiger partial charge in [0.2, 0.25) is 5.91 Å². The monoisotopic (exact) mass is 394 g/mol. The van der Waals surface area contributed by atoms with E-state index in [2.05, 4.69) is 56.0 Å². The Labute approximate surface area is 176 Å². The Morgan fingerprint density at radius 1 is 1.21 bits per heavy atom. The Balaban J connectivity index is 1.41. The number of pyridine rings is 1. The normalized spacial score (nSPS) is 46.8. The van der Waals surface area contributed by atoms with Gasteiger partial charge in [-0.3, -0.25) is 9.78 Å². The van der Waals surface area contributed by atoms with Crippen LogP contribution in [0.25, 0.3) is 0 Å². The molecule has 1 aromatic heterocycles. The van der Waals surface area contributed by atoms with Gasteiger partial charge < -0.3 is 4.90 Å². The molecule has 0 radical (unpaired) electrons. The summed E-state index contributed by atoms with van der Waals surface area (Å²) in [5.74, 6) is 4.40. The maximum Gasteiger partial charge on any atom is 0.222 e. The first-order valence-electron chi connectivity index (χ1n) is 12.0. The van der Waals surface area contributed by atoms with Gasteiger partial charge in [-0.15, -0.1) is 0 Å². The molecule has 2 heterocycles. The van der Waals surface area contributed by atoms with E-state index in [1.807, 2.05) is 6.20 Å². The van der Waals surface area contributed by atoms with Crippen LogP contribution in [0.4, 0.5) is 0 Å². The highest BCUT2D eigenvalue weighted by Gasteiger charge is 2.61. The molecule has 4 aliphatic rings. The van der Waals surface area contributed by atoms with Gasteiger partial charge in [0, 0.05) is 31.9 Å². The largest absolute Gasteiger partial charge is 0.342 e. The number of rotatable bonds is 2. The Morgan fingerprint density at radius 2 is 2.03 bits per heavy atom. The van der Waals surface area contributed by atoms with Crippen molar-refractivity contribution in [3.63, 3.8) is 0 Å². The maximum atomic E-state index is 12.4. The van der Waals surface area contributed by atoms with Crippen molar-refractivity contribution in [1.82, 2.24) is 9.88 Å². The summed E-state index contributed by atoms with van der Waals surface area (Å²) in [7, 11) is 2.07. The summed E-state index contributed by atoms with van der Waals surface area (Å²) in [5, 5.41) is 0. The predicted octanol–water partition coefficient (Wildman–Crippen LogP) is 5.35. The Kier molecular flexibility index (Phi) is 4.60. The Bertz CT molecular complexity index is 778. The van der Waals surface area contributed by atoms with Gasteiger partial charge >= 0.3 is 0 Å². The number of piperidine rings is 1. The van der Waals surface area contributed by atoms with Crippen LogP contribution < -0.4 is 0 Å². The average molecular weight is 395 g/mol. The molecule has 1 aliphatic heterocycles. The quantitative estimate of drug-likeness (QED) is 0.677. The van der Waals surface area contributed by atoms with Crippen molar-refractivity contribution in [1.29, 1.82) is 0 Å². The molecule has 3 heteroatoms. The van der Waals surface area contributed by atoms with E-state index in [1.54, 1.807) is 0 Å². The molecule has 158 valence electrons. The number of hydrogen-bond donors (Lipinski definition) is 0. The lowest BCUT2D eigenvalue weighted by Crippen LogP contribution is -2.62. The molecule has 1 saturated heterocycles. The van der Waals surface area contributed by atoms with Gasteiger partial charge in [0.05, 0.1) is 0 Å². The van der Waals surface area contributed by atoms with Crippen molar-refractivity contribution in [2.75, 3.05) is 7.05 Å². The highest BCUT2D eigenvalue weighted by Crippen LogP contribution is 2.66. The van der Waals surface area contributed by atoms with Crippen LogP contribution in [0.15, 0.2) is 24.5 Å². The highest BCUT2D eigenvalue weighted by atomic mass is 16.2. The second kappa shape index (κ2) is 6.82. The topological polar surface area (TPSA) is 33.2 Å². The van der Waals surface area contributed by atoms with Gasteiger partial charge in [-0.05, 0) is 97.0 Å². The third kappa shape index (κ3) is 2.98. The number of nitrogens with zero attached hydrogens (tertiary/aromatic N) is 2. The van der Waals surface area contributed by atoms with Crippen LogP contribution in [0, 0.1) is 40.4 Å². The second-order valence-electron chi connectivity index (χ2n) is 11.6. The zero-order chi connectivity index (χ0) is 20.4. The molecule has 4 fully saturated rings. The second-order valence-corrected chi connectivity index (χ2v) is 11.6. The molecule has 0 bridgehead atoms. The van der Waals surface area contributed by atoms with Gasteiger partial charge in [0.25, 0.3) is 0 Å². The smallest absolute Gasteiger partial charge is 0.222 e. The summed E-state index contributed by atoms with van der Waals surface area (Å²) in [6, 6.07) is 4.79. The first-order chi connectivity index (χ1) is 13.8. The third-order valence-corrected chi connectivity index (χ3v) is 10.0. The molecule has 3 aliphatic carbocycles. The Hall–Kier alpha value is -1.38. The number of carbonyl (C=O) groups excluding carboxylic acids is 1. The molecule has 5 rings (SSSR count). The molecule has 3 nitrogen and oxygen atoms in total. The number of hydrogen-bond acceptors (Lipinski definition) is 2. The van der Waals surface area contributed by atoms with Gasteiger partial charge in [-0.1, -0.05) is 26.8 Å². The van der Waals surface area contributed by atoms with Crippen LogP contribution in [0.5, 0.6) is 0 Å². The van der Waals surface area contributed by atoms with Crippen molar-refractivity contribution in [3.8, 4) is 0 Å². The molecular formula is C26H38N2O. The highest BCUT2D eigenvalue weighted by molar-refractivity contribution is 5.77. The van der Waals surface area contributed by atoms with Crippen molar-refractivity contribution in [2.45, 2.75) is 78.2 Å². The van der Waals surface area contributed by atoms with Crippen molar-refractivity contribution < 1.29 is 4.79 Å². The van der Waals surface area contributed by atoms with Gasteiger partial charge in [0.1, 0.15) is 0 Å². The van der Waals surface area contributed by atoms with E-state index >= 15 is 0 Å². The number of carbonyl (C=O) groups is 1. The molecule has 1 amide bonds. The lowest BCUT2D eigenvalue weighted by molar-refractivity contribution is -0.164. The summed E-state index contributed by atoms with van der Waals surface area (Å²) in [6.45, 7) is 7.65. The molecule has 8 atom stereocenters. The number of aromatic nitrogens is 1. The van der Waals surface area contributed by atoms with Gasteiger partial charge in [0.15, 0.2) is 0 Å². The van der Waals surface area contributed by atoms with Crippen LogP contribution in [-0.4, -0.2) is 28.9 Å². The minimum Gasteiger partial charge on any atom is -0.342 e.